The van der Waals surface area contributed by atoms with E-state index in [4.69, 9.17) is 4.74 Å². The number of rotatable bonds is 6. The van der Waals surface area contributed by atoms with Crippen molar-refractivity contribution < 1.29 is 14.3 Å². The Labute approximate surface area is 223 Å². The fourth-order valence-corrected chi connectivity index (χ4v) is 6.79. The molecule has 182 valence electrons. The average Bonchev–Trinajstić information content (AvgIpc) is 3.12. The molecule has 3 atom stereocenters. The number of hydrogen-bond donors (Lipinski definition) is 0. The van der Waals surface area contributed by atoms with Gasteiger partial charge in [-0.05, 0) is 47.4 Å². The van der Waals surface area contributed by atoms with E-state index in [-0.39, 0.29) is 17.2 Å². The molecule has 0 aromatic heterocycles. The minimum Gasteiger partial charge on any atom is -0.468 e. The Balaban J connectivity index is 2.06. The minimum absolute atomic E-state index is 0.0309. The Morgan fingerprint density at radius 1 is 1.19 bits per heavy atom. The van der Waals surface area contributed by atoms with Crippen LogP contribution in [0.1, 0.15) is 25.3 Å². The summed E-state index contributed by atoms with van der Waals surface area (Å²) in [6.45, 7) is 3.86. The molecule has 1 amide bonds. The van der Waals surface area contributed by atoms with E-state index in [2.05, 4.69) is 28.1 Å². The number of methoxy groups -OCH3 is 1. The molecule has 2 aromatic carbocycles. The second-order valence-electron chi connectivity index (χ2n) is 9.02. The zero-order chi connectivity index (χ0) is 26.1. The maximum Gasteiger partial charge on any atom is 0.323 e. The van der Waals surface area contributed by atoms with E-state index in [1.807, 2.05) is 50.2 Å². The van der Waals surface area contributed by atoms with Crippen molar-refractivity contribution in [3.8, 4) is 12.1 Å². The van der Waals surface area contributed by atoms with Crippen LogP contribution in [0.25, 0.3) is 0 Å². The molecule has 0 N–H and O–H groups in total. The summed E-state index contributed by atoms with van der Waals surface area (Å²) in [5.74, 6) is -2.34. The first-order valence-electron chi connectivity index (χ1n) is 11.4. The number of halogens is 1. The molecule has 36 heavy (non-hydrogen) atoms. The van der Waals surface area contributed by atoms with Gasteiger partial charge in [-0.25, -0.2) is 0 Å². The standard InChI is InChI=1S/C28H24BrN3O3S/c1-18(2)22-12-13-32-25(33)27(26(34)35-3,17-36-21-10-5-4-6-11-21)24(19-8-7-9-20(29)14-19)28(32,16-31)23(22)15-30/h4-14,18,24H,17H2,1-3H3/t24-,27-,28+/m1/s1. The zero-order valence-electron chi connectivity index (χ0n) is 20.1. The lowest BCUT2D eigenvalue weighted by atomic mass is 9.64. The smallest absolute Gasteiger partial charge is 0.323 e. The van der Waals surface area contributed by atoms with E-state index in [9.17, 15) is 20.1 Å². The van der Waals surface area contributed by atoms with Crippen molar-refractivity contribution in [3.05, 3.63) is 88.1 Å². The lowest BCUT2D eigenvalue weighted by molar-refractivity contribution is -0.157. The van der Waals surface area contributed by atoms with Crippen LogP contribution in [0.5, 0.6) is 0 Å². The summed E-state index contributed by atoms with van der Waals surface area (Å²) < 4.78 is 6.00. The van der Waals surface area contributed by atoms with Gasteiger partial charge in [0.05, 0.1) is 30.7 Å². The highest BCUT2D eigenvalue weighted by Gasteiger charge is 2.73. The number of benzene rings is 2. The predicted octanol–water partition coefficient (Wildman–Crippen LogP) is 5.59. The quantitative estimate of drug-likeness (QED) is 0.259. The number of carbonyl (C=O) groups excluding carboxylic acids is 2. The second-order valence-corrected chi connectivity index (χ2v) is 11.0. The van der Waals surface area contributed by atoms with Gasteiger partial charge in [-0.15, -0.1) is 11.8 Å². The summed E-state index contributed by atoms with van der Waals surface area (Å²) in [4.78, 5) is 30.2. The summed E-state index contributed by atoms with van der Waals surface area (Å²) in [5.41, 5.74) is -2.04. The van der Waals surface area contributed by atoms with E-state index < -0.39 is 28.7 Å². The molecule has 4 rings (SSSR count). The van der Waals surface area contributed by atoms with Gasteiger partial charge in [-0.3, -0.25) is 14.5 Å². The first-order chi connectivity index (χ1) is 17.3. The second kappa shape index (κ2) is 9.97. The first-order valence-corrected chi connectivity index (χ1v) is 13.2. The minimum atomic E-state index is -1.76. The molecule has 2 aliphatic heterocycles. The molecular formula is C28H24BrN3O3S. The molecule has 1 saturated heterocycles. The van der Waals surface area contributed by atoms with E-state index >= 15 is 0 Å². The number of allylic oxidation sites excluding steroid dienone is 2. The normalized spacial score (nSPS) is 24.9. The van der Waals surface area contributed by atoms with Crippen LogP contribution in [-0.4, -0.2) is 35.2 Å². The molecule has 0 radical (unpaired) electrons. The van der Waals surface area contributed by atoms with Crippen LogP contribution in [-0.2, 0) is 14.3 Å². The number of thioether (sulfide) groups is 1. The number of nitrogens with zero attached hydrogens (tertiary/aromatic N) is 3. The van der Waals surface area contributed by atoms with Gasteiger partial charge in [0.1, 0.15) is 0 Å². The van der Waals surface area contributed by atoms with Gasteiger partial charge < -0.3 is 4.74 Å². The van der Waals surface area contributed by atoms with Crippen LogP contribution in [0.4, 0.5) is 0 Å². The number of esters is 1. The third kappa shape index (κ3) is 3.77. The van der Waals surface area contributed by atoms with Crippen molar-refractivity contribution in [2.75, 3.05) is 12.9 Å². The van der Waals surface area contributed by atoms with Gasteiger partial charge in [0.2, 0.25) is 5.91 Å². The Morgan fingerprint density at radius 2 is 1.92 bits per heavy atom. The van der Waals surface area contributed by atoms with Crippen LogP contribution in [0.2, 0.25) is 0 Å². The first kappa shape index (κ1) is 25.8. The maximum absolute atomic E-state index is 14.3. The van der Waals surface area contributed by atoms with E-state index in [0.29, 0.717) is 11.1 Å². The van der Waals surface area contributed by atoms with Crippen LogP contribution >= 0.6 is 27.7 Å². The summed E-state index contributed by atoms with van der Waals surface area (Å²) in [5, 5.41) is 21.2. The number of carbonyl (C=O) groups is 2. The van der Waals surface area contributed by atoms with Crippen molar-refractivity contribution in [1.29, 1.82) is 10.5 Å². The van der Waals surface area contributed by atoms with Crippen molar-refractivity contribution in [2.24, 2.45) is 11.3 Å². The zero-order valence-corrected chi connectivity index (χ0v) is 22.5. The molecule has 2 aromatic rings. The predicted molar refractivity (Wildman–Crippen MR) is 140 cm³/mol. The lowest BCUT2D eigenvalue weighted by Gasteiger charge is -2.39. The monoisotopic (exact) mass is 561 g/mol. The van der Waals surface area contributed by atoms with Gasteiger partial charge in [0, 0.05) is 21.3 Å². The van der Waals surface area contributed by atoms with Gasteiger partial charge in [0.15, 0.2) is 11.0 Å². The highest BCUT2D eigenvalue weighted by atomic mass is 79.9. The van der Waals surface area contributed by atoms with Crippen LogP contribution in [0, 0.1) is 34.0 Å². The number of nitriles is 2. The van der Waals surface area contributed by atoms with Crippen molar-refractivity contribution in [2.45, 2.75) is 30.2 Å². The fraction of sp³-hybridized carbons (Fsp3) is 0.286. The highest BCUT2D eigenvalue weighted by Crippen LogP contribution is 2.60. The third-order valence-electron chi connectivity index (χ3n) is 6.81. The van der Waals surface area contributed by atoms with Crippen molar-refractivity contribution in [3.63, 3.8) is 0 Å². The SMILES string of the molecule is COC(=O)[C@@]1(CSc2ccccc2)C(=O)N2C=CC(C(C)C)=C(C#N)[C@@]2(C#N)[C@@H]1c1cccc(Br)c1. The number of fused-ring (bicyclic) bond motifs is 1. The van der Waals surface area contributed by atoms with Crippen LogP contribution in [0.15, 0.2) is 87.4 Å². The molecule has 8 heteroatoms. The lowest BCUT2D eigenvalue weighted by Crippen LogP contribution is -2.49. The molecule has 0 saturated carbocycles. The fourth-order valence-electron chi connectivity index (χ4n) is 5.22. The van der Waals surface area contributed by atoms with Gasteiger partial charge in [-0.1, -0.05) is 60.1 Å². The molecule has 6 nitrogen and oxygen atoms in total. The molecule has 2 heterocycles. The Bertz CT molecular complexity index is 1360. The highest BCUT2D eigenvalue weighted by molar-refractivity contribution is 9.10. The van der Waals surface area contributed by atoms with E-state index in [1.165, 1.54) is 23.8 Å². The van der Waals surface area contributed by atoms with E-state index in [1.54, 1.807) is 30.5 Å². The molecule has 0 bridgehead atoms. The van der Waals surface area contributed by atoms with Gasteiger partial charge >= 0.3 is 5.97 Å². The Morgan fingerprint density at radius 3 is 2.50 bits per heavy atom. The van der Waals surface area contributed by atoms with Gasteiger partial charge in [0.25, 0.3) is 0 Å². The summed E-state index contributed by atoms with van der Waals surface area (Å²) in [6, 6.07) is 21.2. The molecule has 0 aliphatic carbocycles. The third-order valence-corrected chi connectivity index (χ3v) is 8.51. The molecule has 1 fully saturated rings. The van der Waals surface area contributed by atoms with E-state index in [0.717, 1.165) is 9.37 Å². The summed E-state index contributed by atoms with van der Waals surface area (Å²) >= 11 is 4.84. The van der Waals surface area contributed by atoms with Crippen LogP contribution in [0.3, 0.4) is 0 Å². The average molecular weight is 562 g/mol. The number of hydrogen-bond acceptors (Lipinski definition) is 6. The van der Waals surface area contributed by atoms with Crippen molar-refractivity contribution >= 4 is 39.6 Å². The molecule has 0 unspecified atom stereocenters. The summed E-state index contributed by atoms with van der Waals surface area (Å²) in [6.07, 6.45) is 3.25. The van der Waals surface area contributed by atoms with Crippen molar-refractivity contribution in [1.82, 2.24) is 4.90 Å². The molecular weight excluding hydrogens is 538 g/mol. The van der Waals surface area contributed by atoms with Crippen LogP contribution < -0.4 is 0 Å². The Kier molecular flexibility index (Phi) is 7.13. The summed E-state index contributed by atoms with van der Waals surface area (Å²) in [7, 11) is 1.25. The molecule has 2 aliphatic rings. The number of amides is 1. The topological polar surface area (TPSA) is 94.2 Å². The maximum atomic E-state index is 14.3. The van der Waals surface area contributed by atoms with Gasteiger partial charge in [-0.2, -0.15) is 10.5 Å². The largest absolute Gasteiger partial charge is 0.468 e. The number of ether oxygens (including phenoxy) is 1. The Hall–Kier alpha value is -3.33. The molecule has 0 spiro atoms.